The number of carboxylic acid groups (broad SMARTS) is 1. The maximum Gasteiger partial charge on any atom is 0.490 e. The second kappa shape index (κ2) is 10.5. The highest BCUT2D eigenvalue weighted by Gasteiger charge is 2.39. The number of amides is 1. The molecule has 0 aliphatic carbocycles. The number of carbonyl (C=O) groups excluding carboxylic acids is 1. The number of rotatable bonds is 5. The zero-order valence-corrected chi connectivity index (χ0v) is 17.9. The van der Waals surface area contributed by atoms with Gasteiger partial charge in [-0.2, -0.15) is 13.2 Å². The zero-order chi connectivity index (χ0) is 24.0. The Labute approximate surface area is 188 Å². The Kier molecular flexibility index (Phi) is 7.70. The third-order valence-electron chi connectivity index (χ3n) is 5.34. The van der Waals surface area contributed by atoms with Crippen LogP contribution in [0.4, 0.5) is 13.2 Å². The Morgan fingerprint density at radius 2 is 2.03 bits per heavy atom. The third kappa shape index (κ3) is 6.10. The highest BCUT2D eigenvalue weighted by Crippen LogP contribution is 2.27. The van der Waals surface area contributed by atoms with Crippen molar-refractivity contribution in [1.82, 2.24) is 14.9 Å². The standard InChI is InChI=1S/C21H23N3O2.C2HF3O2/c1-2-26-20-8-11-24(19(20)12-15-4-3-9-22-14-15)21(25)17-5-6-18-16(13-17)7-10-23-18;3-2(4,5)1(6)7/h3-7,9-10,13-14,19-20,23H,2,8,11-12H2,1H3;(H,6,7)/t19-,20-;/m1./s1. The van der Waals surface area contributed by atoms with Crippen molar-refractivity contribution < 1.29 is 32.6 Å². The second-order valence-electron chi connectivity index (χ2n) is 7.50. The second-order valence-corrected chi connectivity index (χ2v) is 7.50. The summed E-state index contributed by atoms with van der Waals surface area (Å²) in [7, 11) is 0. The van der Waals surface area contributed by atoms with E-state index in [0.29, 0.717) is 6.61 Å². The van der Waals surface area contributed by atoms with E-state index in [1.54, 1.807) is 6.20 Å². The number of aromatic nitrogens is 2. The van der Waals surface area contributed by atoms with Gasteiger partial charge in [0.25, 0.3) is 5.91 Å². The molecule has 0 radical (unpaired) electrons. The van der Waals surface area contributed by atoms with Gasteiger partial charge in [-0.25, -0.2) is 4.79 Å². The molecule has 1 amide bonds. The fourth-order valence-electron chi connectivity index (χ4n) is 3.84. The molecule has 2 N–H and O–H groups in total. The van der Waals surface area contributed by atoms with Gasteiger partial charge in [-0.1, -0.05) is 6.07 Å². The van der Waals surface area contributed by atoms with E-state index in [1.165, 1.54) is 0 Å². The molecule has 10 heteroatoms. The van der Waals surface area contributed by atoms with E-state index < -0.39 is 12.1 Å². The summed E-state index contributed by atoms with van der Waals surface area (Å²) in [5, 5.41) is 8.18. The third-order valence-corrected chi connectivity index (χ3v) is 5.34. The van der Waals surface area contributed by atoms with Crippen LogP contribution >= 0.6 is 0 Å². The number of alkyl halides is 3. The number of carboxylic acids is 1. The van der Waals surface area contributed by atoms with Crippen molar-refractivity contribution in [1.29, 1.82) is 0 Å². The number of fused-ring (bicyclic) bond motifs is 1. The molecule has 1 aliphatic rings. The molecule has 1 aliphatic heterocycles. The predicted octanol–water partition coefficient (Wildman–Crippen LogP) is 4.06. The van der Waals surface area contributed by atoms with E-state index in [1.807, 2.05) is 54.5 Å². The Morgan fingerprint density at radius 1 is 1.27 bits per heavy atom. The summed E-state index contributed by atoms with van der Waals surface area (Å²) in [6, 6.07) is 11.9. The minimum atomic E-state index is -5.08. The van der Waals surface area contributed by atoms with Crippen molar-refractivity contribution in [3.8, 4) is 0 Å². The predicted molar refractivity (Wildman–Crippen MR) is 115 cm³/mol. The minimum Gasteiger partial charge on any atom is -0.475 e. The molecule has 33 heavy (non-hydrogen) atoms. The SMILES string of the molecule is CCO[C@@H]1CCN(C(=O)c2ccc3[nH]ccc3c2)[C@@H]1Cc1cccnc1.O=C(O)C(F)(F)F. The number of halogens is 3. The van der Waals surface area contributed by atoms with E-state index in [9.17, 15) is 18.0 Å². The quantitative estimate of drug-likeness (QED) is 0.595. The summed E-state index contributed by atoms with van der Waals surface area (Å²) in [4.78, 5) is 31.5. The van der Waals surface area contributed by atoms with Crippen LogP contribution in [0.25, 0.3) is 10.9 Å². The van der Waals surface area contributed by atoms with E-state index in [-0.39, 0.29) is 18.1 Å². The number of likely N-dealkylation sites (tertiary alicyclic amines) is 1. The molecule has 3 heterocycles. The van der Waals surface area contributed by atoms with Crippen LogP contribution in [0.5, 0.6) is 0 Å². The molecule has 0 spiro atoms. The first-order chi connectivity index (χ1) is 15.7. The average molecular weight is 463 g/mol. The normalized spacial score (nSPS) is 18.1. The molecule has 176 valence electrons. The Balaban J connectivity index is 0.000000383. The molecule has 2 aromatic heterocycles. The number of pyridine rings is 1. The molecular formula is C23H24F3N3O4. The molecule has 3 aromatic rings. The number of nitrogens with one attached hydrogen (secondary N) is 1. The Bertz CT molecular complexity index is 1090. The van der Waals surface area contributed by atoms with Gasteiger partial charge in [0, 0.05) is 48.2 Å². The van der Waals surface area contributed by atoms with Gasteiger partial charge >= 0.3 is 12.1 Å². The van der Waals surface area contributed by atoms with Gasteiger partial charge in [-0.3, -0.25) is 9.78 Å². The number of benzene rings is 1. The van der Waals surface area contributed by atoms with E-state index in [4.69, 9.17) is 14.6 Å². The van der Waals surface area contributed by atoms with E-state index >= 15 is 0 Å². The summed E-state index contributed by atoms with van der Waals surface area (Å²) in [5.74, 6) is -2.68. The number of H-pyrrole nitrogens is 1. The number of hydrogen-bond donors (Lipinski definition) is 2. The average Bonchev–Trinajstić information content (AvgIpc) is 3.41. The summed E-state index contributed by atoms with van der Waals surface area (Å²) < 4.78 is 37.7. The molecule has 0 bridgehead atoms. The summed E-state index contributed by atoms with van der Waals surface area (Å²) in [6.07, 6.45) is 2.15. The van der Waals surface area contributed by atoms with Gasteiger partial charge in [0.1, 0.15) is 0 Å². The molecular weight excluding hydrogens is 439 g/mol. The topological polar surface area (TPSA) is 95.5 Å². The monoisotopic (exact) mass is 463 g/mol. The highest BCUT2D eigenvalue weighted by molar-refractivity contribution is 5.98. The summed E-state index contributed by atoms with van der Waals surface area (Å²) >= 11 is 0. The smallest absolute Gasteiger partial charge is 0.475 e. The van der Waals surface area contributed by atoms with Crippen molar-refractivity contribution in [2.75, 3.05) is 13.2 Å². The molecule has 1 saturated heterocycles. The van der Waals surface area contributed by atoms with Crippen LogP contribution in [-0.4, -0.2) is 63.3 Å². The highest BCUT2D eigenvalue weighted by atomic mass is 19.4. The molecule has 4 rings (SSSR count). The summed E-state index contributed by atoms with van der Waals surface area (Å²) in [5.41, 5.74) is 2.90. The number of aromatic amines is 1. The lowest BCUT2D eigenvalue weighted by atomic mass is 10.0. The maximum atomic E-state index is 13.2. The van der Waals surface area contributed by atoms with Gasteiger partial charge in [0.15, 0.2) is 0 Å². The molecule has 2 atom stereocenters. The summed E-state index contributed by atoms with van der Waals surface area (Å²) in [6.45, 7) is 3.39. The lowest BCUT2D eigenvalue weighted by Gasteiger charge is -2.28. The number of carbonyl (C=O) groups is 2. The lowest BCUT2D eigenvalue weighted by molar-refractivity contribution is -0.192. The van der Waals surface area contributed by atoms with Gasteiger partial charge < -0.3 is 19.7 Å². The van der Waals surface area contributed by atoms with Crippen molar-refractivity contribution in [3.05, 3.63) is 66.1 Å². The van der Waals surface area contributed by atoms with Gasteiger partial charge in [-0.15, -0.1) is 0 Å². The number of ether oxygens (including phenoxy) is 1. The van der Waals surface area contributed by atoms with Gasteiger partial charge in [0.2, 0.25) is 0 Å². The van der Waals surface area contributed by atoms with Crippen molar-refractivity contribution in [2.45, 2.75) is 38.1 Å². The fraction of sp³-hybridized carbons (Fsp3) is 0.348. The molecule has 0 unspecified atom stereocenters. The molecule has 0 saturated carbocycles. The van der Waals surface area contributed by atoms with E-state index in [0.717, 1.165) is 41.4 Å². The minimum absolute atomic E-state index is 0.0357. The lowest BCUT2D eigenvalue weighted by Crippen LogP contribution is -2.42. The number of hydrogen-bond acceptors (Lipinski definition) is 4. The number of nitrogens with zero attached hydrogens (tertiary/aromatic N) is 2. The van der Waals surface area contributed by atoms with Crippen LogP contribution < -0.4 is 0 Å². The first kappa shape index (κ1) is 24.2. The largest absolute Gasteiger partial charge is 0.490 e. The van der Waals surface area contributed by atoms with Gasteiger partial charge in [0.05, 0.1) is 12.1 Å². The van der Waals surface area contributed by atoms with E-state index in [2.05, 4.69) is 16.0 Å². The molecule has 1 aromatic carbocycles. The van der Waals surface area contributed by atoms with Crippen molar-refractivity contribution in [2.24, 2.45) is 0 Å². The first-order valence-electron chi connectivity index (χ1n) is 10.4. The van der Waals surface area contributed by atoms with Crippen LogP contribution in [0.15, 0.2) is 55.0 Å². The van der Waals surface area contributed by atoms with Crippen LogP contribution in [0, 0.1) is 0 Å². The first-order valence-corrected chi connectivity index (χ1v) is 10.4. The van der Waals surface area contributed by atoms with Crippen LogP contribution in [0.3, 0.4) is 0 Å². The molecule has 7 nitrogen and oxygen atoms in total. The number of aliphatic carboxylic acids is 1. The Morgan fingerprint density at radius 3 is 2.67 bits per heavy atom. The van der Waals surface area contributed by atoms with Gasteiger partial charge in [-0.05, 0) is 55.7 Å². The zero-order valence-electron chi connectivity index (χ0n) is 17.9. The van der Waals surface area contributed by atoms with Crippen molar-refractivity contribution in [3.63, 3.8) is 0 Å². The van der Waals surface area contributed by atoms with Crippen LogP contribution in [0.2, 0.25) is 0 Å². The van der Waals surface area contributed by atoms with Crippen LogP contribution in [-0.2, 0) is 16.0 Å². The molecule has 1 fully saturated rings. The van der Waals surface area contributed by atoms with Crippen LogP contribution in [0.1, 0.15) is 29.3 Å². The maximum absolute atomic E-state index is 13.2. The fourth-order valence-corrected chi connectivity index (χ4v) is 3.84. The Hall–Kier alpha value is -3.40. The van der Waals surface area contributed by atoms with Crippen molar-refractivity contribution >= 4 is 22.8 Å².